The summed E-state index contributed by atoms with van der Waals surface area (Å²) in [5.74, 6) is 0.161. The Morgan fingerprint density at radius 2 is 2.31 bits per heavy atom. The summed E-state index contributed by atoms with van der Waals surface area (Å²) in [6, 6.07) is 1.42. The maximum absolute atomic E-state index is 10.9. The predicted octanol–water partition coefficient (Wildman–Crippen LogP) is 2.22. The molecule has 0 fully saturated rings. The molecule has 0 saturated carbocycles. The number of anilines is 1. The SMILES string of the molecule is COc1cc(N)c2ncsc2c1[N+](=O)[O-].Cl. The first-order valence-corrected chi connectivity index (χ1v) is 4.87. The summed E-state index contributed by atoms with van der Waals surface area (Å²) >= 11 is 1.17. The van der Waals surface area contributed by atoms with E-state index in [1.165, 1.54) is 30.0 Å². The van der Waals surface area contributed by atoms with E-state index in [1.807, 2.05) is 0 Å². The molecule has 0 unspecified atom stereocenters. The van der Waals surface area contributed by atoms with Gasteiger partial charge in [-0.1, -0.05) is 0 Å². The molecule has 0 atom stereocenters. The van der Waals surface area contributed by atoms with Gasteiger partial charge >= 0.3 is 5.69 Å². The topological polar surface area (TPSA) is 91.3 Å². The number of nitrogens with zero attached hydrogens (tertiary/aromatic N) is 2. The highest BCUT2D eigenvalue weighted by Gasteiger charge is 2.23. The molecule has 8 heteroatoms. The van der Waals surface area contributed by atoms with E-state index in [-0.39, 0.29) is 23.8 Å². The van der Waals surface area contributed by atoms with Crippen molar-refractivity contribution in [3.8, 4) is 5.75 Å². The molecule has 0 bridgehead atoms. The molecule has 2 rings (SSSR count). The fourth-order valence-electron chi connectivity index (χ4n) is 1.34. The van der Waals surface area contributed by atoms with Crippen LogP contribution in [-0.4, -0.2) is 17.0 Å². The zero-order chi connectivity index (χ0) is 11.0. The van der Waals surface area contributed by atoms with Crippen LogP contribution >= 0.6 is 23.7 Å². The number of hydrogen-bond acceptors (Lipinski definition) is 6. The molecule has 1 aromatic carbocycles. The van der Waals surface area contributed by atoms with Gasteiger partial charge in [0.2, 0.25) is 5.75 Å². The molecule has 86 valence electrons. The van der Waals surface area contributed by atoms with Gasteiger partial charge in [0, 0.05) is 6.07 Å². The van der Waals surface area contributed by atoms with Crippen LogP contribution in [0.2, 0.25) is 0 Å². The highest BCUT2D eigenvalue weighted by atomic mass is 35.5. The van der Waals surface area contributed by atoms with Crippen molar-refractivity contribution < 1.29 is 9.66 Å². The van der Waals surface area contributed by atoms with Gasteiger partial charge in [-0.3, -0.25) is 10.1 Å². The standard InChI is InChI=1S/C8H7N3O3S.ClH/c1-14-5-2-4(9)6-8(15-3-10-6)7(5)11(12)13;/h2-3H,9H2,1H3;1H. The number of benzene rings is 1. The van der Waals surface area contributed by atoms with E-state index in [0.29, 0.717) is 15.9 Å². The second kappa shape index (κ2) is 4.50. The minimum atomic E-state index is -0.487. The molecule has 0 aliphatic heterocycles. The lowest BCUT2D eigenvalue weighted by Crippen LogP contribution is -1.96. The average molecular weight is 262 g/mol. The first-order chi connectivity index (χ1) is 7.15. The molecule has 1 aromatic heterocycles. The fourth-order valence-corrected chi connectivity index (χ4v) is 2.17. The van der Waals surface area contributed by atoms with Gasteiger partial charge in [-0.2, -0.15) is 0 Å². The number of ether oxygens (including phenoxy) is 1. The van der Waals surface area contributed by atoms with Crippen LogP contribution in [0.25, 0.3) is 10.2 Å². The zero-order valence-corrected chi connectivity index (χ0v) is 9.80. The van der Waals surface area contributed by atoms with Crippen molar-refractivity contribution >= 4 is 45.3 Å². The Morgan fingerprint density at radius 3 is 2.88 bits per heavy atom. The monoisotopic (exact) mass is 261 g/mol. The maximum atomic E-state index is 10.9. The number of fused-ring (bicyclic) bond motifs is 1. The lowest BCUT2D eigenvalue weighted by atomic mass is 10.2. The lowest BCUT2D eigenvalue weighted by Gasteiger charge is -2.03. The summed E-state index contributed by atoms with van der Waals surface area (Å²) in [5, 5.41) is 10.9. The van der Waals surface area contributed by atoms with Gasteiger partial charge in [0.25, 0.3) is 0 Å². The number of nitrogens with two attached hydrogens (primary N) is 1. The third kappa shape index (κ3) is 1.74. The number of rotatable bonds is 2. The third-order valence-corrected chi connectivity index (χ3v) is 2.81. The van der Waals surface area contributed by atoms with Crippen LogP contribution in [0, 0.1) is 10.1 Å². The number of hydrogen-bond donors (Lipinski definition) is 1. The number of halogens is 1. The van der Waals surface area contributed by atoms with Crippen LogP contribution in [0.5, 0.6) is 5.75 Å². The van der Waals surface area contributed by atoms with Gasteiger partial charge in [0.15, 0.2) is 0 Å². The van der Waals surface area contributed by atoms with E-state index in [4.69, 9.17) is 10.5 Å². The van der Waals surface area contributed by atoms with Crippen LogP contribution in [-0.2, 0) is 0 Å². The Kier molecular flexibility index (Phi) is 3.51. The first kappa shape index (κ1) is 12.5. The second-order valence-electron chi connectivity index (χ2n) is 2.80. The normalized spacial score (nSPS) is 9.81. The first-order valence-electron chi connectivity index (χ1n) is 3.99. The Bertz CT molecular complexity index is 543. The van der Waals surface area contributed by atoms with E-state index >= 15 is 0 Å². The van der Waals surface area contributed by atoms with Gasteiger partial charge in [-0.15, -0.1) is 23.7 Å². The summed E-state index contributed by atoms with van der Waals surface area (Å²) < 4.78 is 5.36. The largest absolute Gasteiger partial charge is 0.490 e. The van der Waals surface area contributed by atoms with E-state index in [2.05, 4.69) is 4.98 Å². The lowest BCUT2D eigenvalue weighted by molar-refractivity contribution is -0.383. The van der Waals surface area contributed by atoms with Gasteiger partial charge < -0.3 is 10.5 Å². The van der Waals surface area contributed by atoms with Crippen molar-refractivity contribution in [2.24, 2.45) is 0 Å². The zero-order valence-electron chi connectivity index (χ0n) is 8.17. The van der Waals surface area contributed by atoms with Gasteiger partial charge in [-0.05, 0) is 0 Å². The molecule has 0 spiro atoms. The fraction of sp³-hybridized carbons (Fsp3) is 0.125. The number of thiazole rings is 1. The molecule has 2 N–H and O–H groups in total. The smallest absolute Gasteiger partial charge is 0.330 e. The van der Waals surface area contributed by atoms with Crippen LogP contribution in [0.15, 0.2) is 11.6 Å². The van der Waals surface area contributed by atoms with Gasteiger partial charge in [-0.25, -0.2) is 4.98 Å². The van der Waals surface area contributed by atoms with Crippen molar-refractivity contribution in [1.29, 1.82) is 0 Å². The van der Waals surface area contributed by atoms with Crippen LogP contribution in [0.3, 0.4) is 0 Å². The number of nitrogen functional groups attached to an aromatic ring is 1. The molecule has 6 nitrogen and oxygen atoms in total. The van der Waals surface area contributed by atoms with Crippen molar-refractivity contribution in [2.75, 3.05) is 12.8 Å². The Hall–Kier alpha value is -1.60. The molecule has 0 amide bonds. The quantitative estimate of drug-likeness (QED) is 0.508. The number of methoxy groups -OCH3 is 1. The molecule has 0 aliphatic rings. The minimum absolute atomic E-state index is 0. The Labute approximate surface area is 101 Å². The third-order valence-electron chi connectivity index (χ3n) is 1.98. The molecule has 0 aliphatic carbocycles. The van der Waals surface area contributed by atoms with Crippen molar-refractivity contribution in [1.82, 2.24) is 4.98 Å². The number of nitro groups is 1. The Morgan fingerprint density at radius 1 is 1.62 bits per heavy atom. The highest BCUT2D eigenvalue weighted by Crippen LogP contribution is 2.40. The highest BCUT2D eigenvalue weighted by molar-refractivity contribution is 7.17. The number of nitro benzene ring substituents is 1. The predicted molar refractivity (Wildman–Crippen MR) is 64.5 cm³/mol. The van der Waals surface area contributed by atoms with E-state index < -0.39 is 4.92 Å². The Balaban J connectivity index is 0.00000128. The molecule has 0 saturated heterocycles. The van der Waals surface area contributed by atoms with E-state index in [1.54, 1.807) is 0 Å². The molecule has 0 radical (unpaired) electrons. The van der Waals surface area contributed by atoms with Crippen LogP contribution < -0.4 is 10.5 Å². The summed E-state index contributed by atoms with van der Waals surface area (Å²) in [7, 11) is 1.37. The van der Waals surface area contributed by atoms with Crippen molar-refractivity contribution in [3.63, 3.8) is 0 Å². The second-order valence-corrected chi connectivity index (χ2v) is 3.66. The van der Waals surface area contributed by atoms with Gasteiger partial charge in [0.05, 0.1) is 23.2 Å². The summed E-state index contributed by atoms with van der Waals surface area (Å²) in [6.07, 6.45) is 0. The van der Waals surface area contributed by atoms with Gasteiger partial charge in [0.1, 0.15) is 10.2 Å². The molecular formula is C8H8ClN3O3S. The summed E-state index contributed by atoms with van der Waals surface area (Å²) in [6.45, 7) is 0. The number of aromatic nitrogens is 1. The molecule has 16 heavy (non-hydrogen) atoms. The van der Waals surface area contributed by atoms with Crippen LogP contribution in [0.4, 0.5) is 11.4 Å². The molecule has 1 heterocycles. The van der Waals surface area contributed by atoms with Crippen LogP contribution in [0.1, 0.15) is 0 Å². The molecule has 2 aromatic rings. The van der Waals surface area contributed by atoms with Crippen molar-refractivity contribution in [3.05, 3.63) is 21.7 Å². The average Bonchev–Trinajstić information content (AvgIpc) is 2.65. The van der Waals surface area contributed by atoms with E-state index in [9.17, 15) is 10.1 Å². The minimum Gasteiger partial charge on any atom is -0.490 e. The summed E-state index contributed by atoms with van der Waals surface area (Å²) in [4.78, 5) is 14.4. The molecular weight excluding hydrogens is 254 g/mol. The van der Waals surface area contributed by atoms with E-state index in [0.717, 1.165) is 0 Å². The maximum Gasteiger partial charge on any atom is 0.330 e. The van der Waals surface area contributed by atoms with Crippen molar-refractivity contribution in [2.45, 2.75) is 0 Å². The summed E-state index contributed by atoms with van der Waals surface area (Å²) in [5.41, 5.74) is 7.96.